The normalized spacial score (nSPS) is 16.4. The quantitative estimate of drug-likeness (QED) is 0.666. The Balaban J connectivity index is 1.88. The van der Waals surface area contributed by atoms with E-state index in [1.165, 1.54) is 18.2 Å². The summed E-state index contributed by atoms with van der Waals surface area (Å²) in [6, 6.07) is 9.17. The number of carbonyl (C=O) groups excluding carboxylic acids is 1. The van der Waals surface area contributed by atoms with Gasteiger partial charge in [-0.05, 0) is 50.2 Å². The highest BCUT2D eigenvalue weighted by Crippen LogP contribution is 2.34. The highest BCUT2D eigenvalue weighted by atomic mass is 79.9. The minimum atomic E-state index is -3.73. The first kappa shape index (κ1) is 21.1. The maximum Gasteiger partial charge on any atom is 0.253 e. The molecule has 1 unspecified atom stereocenters. The van der Waals surface area contributed by atoms with Crippen molar-refractivity contribution in [2.75, 3.05) is 6.61 Å². The van der Waals surface area contributed by atoms with Crippen LogP contribution in [-0.2, 0) is 10.0 Å². The van der Waals surface area contributed by atoms with E-state index in [0.29, 0.717) is 18.8 Å². The van der Waals surface area contributed by atoms with E-state index >= 15 is 0 Å². The van der Waals surface area contributed by atoms with E-state index in [1.54, 1.807) is 13.8 Å². The number of benzene rings is 2. The van der Waals surface area contributed by atoms with Crippen LogP contribution in [0.3, 0.4) is 0 Å². The van der Waals surface area contributed by atoms with Crippen LogP contribution < -0.4 is 14.8 Å². The number of amides is 1. The van der Waals surface area contributed by atoms with E-state index in [2.05, 4.69) is 26.0 Å². The largest absolute Gasteiger partial charge is 0.493 e. The molecule has 1 aliphatic rings. The van der Waals surface area contributed by atoms with Crippen LogP contribution in [0.25, 0.3) is 0 Å². The smallest absolute Gasteiger partial charge is 0.253 e. The Morgan fingerprint density at radius 2 is 2.00 bits per heavy atom. The van der Waals surface area contributed by atoms with Crippen molar-refractivity contribution in [3.8, 4) is 5.75 Å². The first-order valence-corrected chi connectivity index (χ1v) is 11.4. The van der Waals surface area contributed by atoms with E-state index in [9.17, 15) is 13.2 Å². The Kier molecular flexibility index (Phi) is 6.34. The lowest BCUT2D eigenvalue weighted by Gasteiger charge is -2.27. The molecular formula is C19H20BrClN2O4S. The third-order valence-electron chi connectivity index (χ3n) is 4.20. The van der Waals surface area contributed by atoms with Crippen molar-refractivity contribution in [1.29, 1.82) is 0 Å². The molecule has 3 rings (SSSR count). The van der Waals surface area contributed by atoms with Gasteiger partial charge in [0.25, 0.3) is 5.91 Å². The van der Waals surface area contributed by atoms with Gasteiger partial charge in [0.15, 0.2) is 0 Å². The van der Waals surface area contributed by atoms with Gasteiger partial charge >= 0.3 is 0 Å². The van der Waals surface area contributed by atoms with E-state index in [0.717, 1.165) is 10.0 Å². The molecule has 2 N–H and O–H groups in total. The lowest BCUT2D eigenvalue weighted by Crippen LogP contribution is -2.33. The summed E-state index contributed by atoms with van der Waals surface area (Å²) in [4.78, 5) is 12.9. The summed E-state index contributed by atoms with van der Waals surface area (Å²) >= 11 is 9.61. The summed E-state index contributed by atoms with van der Waals surface area (Å²) in [5.74, 6) is 0.271. The Hall–Kier alpha value is -1.61. The van der Waals surface area contributed by atoms with Crippen molar-refractivity contribution in [3.05, 3.63) is 57.0 Å². The first-order valence-electron chi connectivity index (χ1n) is 8.72. The second-order valence-corrected chi connectivity index (χ2v) is 9.80. The average Bonchev–Trinajstić information content (AvgIpc) is 2.61. The molecule has 0 aromatic heterocycles. The van der Waals surface area contributed by atoms with Gasteiger partial charge in [-0.15, -0.1) is 0 Å². The number of hydrogen-bond donors (Lipinski definition) is 2. The van der Waals surface area contributed by atoms with E-state index in [-0.39, 0.29) is 27.6 Å². The maximum absolute atomic E-state index is 12.9. The molecule has 1 amide bonds. The van der Waals surface area contributed by atoms with Gasteiger partial charge in [0.1, 0.15) is 5.75 Å². The molecule has 1 aliphatic heterocycles. The van der Waals surface area contributed by atoms with Crippen LogP contribution in [0.2, 0.25) is 5.02 Å². The maximum atomic E-state index is 12.9. The Bertz CT molecular complexity index is 1010. The lowest BCUT2D eigenvalue weighted by molar-refractivity contribution is 0.0924. The van der Waals surface area contributed by atoms with Crippen molar-refractivity contribution in [1.82, 2.24) is 10.0 Å². The summed E-state index contributed by atoms with van der Waals surface area (Å²) in [7, 11) is -3.73. The summed E-state index contributed by atoms with van der Waals surface area (Å²) in [5.41, 5.74) is 0.965. The molecule has 6 nitrogen and oxygen atoms in total. The van der Waals surface area contributed by atoms with E-state index in [4.69, 9.17) is 16.3 Å². The Morgan fingerprint density at radius 1 is 1.25 bits per heavy atom. The standard InChI is InChI=1S/C19H20BrClN2O4S/c1-11(2)23-28(25,26)13-4-5-16(21)14(10-13)19(24)22-17-7-8-27-18-6-3-12(20)9-15(17)18/h3-6,9-11,17,23H,7-8H2,1-2H3,(H,22,24). The highest BCUT2D eigenvalue weighted by Gasteiger charge is 2.26. The number of rotatable bonds is 5. The molecule has 0 saturated heterocycles. The molecule has 2 aromatic rings. The molecule has 0 radical (unpaired) electrons. The predicted octanol–water partition coefficient (Wildman–Crippen LogP) is 4.04. The van der Waals surface area contributed by atoms with Gasteiger partial charge in [0.2, 0.25) is 10.0 Å². The molecule has 0 aliphatic carbocycles. The van der Waals surface area contributed by atoms with Gasteiger partial charge in [-0.2, -0.15) is 0 Å². The molecule has 0 fully saturated rings. The molecule has 0 bridgehead atoms. The third-order valence-corrected chi connectivity index (χ3v) is 6.68. The Labute approximate surface area is 177 Å². The topological polar surface area (TPSA) is 84.5 Å². The van der Waals surface area contributed by atoms with Gasteiger partial charge in [-0.25, -0.2) is 13.1 Å². The van der Waals surface area contributed by atoms with Gasteiger partial charge in [0, 0.05) is 22.5 Å². The second kappa shape index (κ2) is 8.41. The predicted molar refractivity (Wildman–Crippen MR) is 111 cm³/mol. The zero-order valence-electron chi connectivity index (χ0n) is 15.3. The second-order valence-electron chi connectivity index (χ2n) is 6.76. The van der Waals surface area contributed by atoms with E-state index in [1.807, 2.05) is 18.2 Å². The number of hydrogen-bond acceptors (Lipinski definition) is 4. The van der Waals surface area contributed by atoms with Crippen molar-refractivity contribution >= 4 is 43.5 Å². The third kappa shape index (κ3) is 4.68. The first-order chi connectivity index (χ1) is 13.2. The number of ether oxygens (including phenoxy) is 1. The summed E-state index contributed by atoms with van der Waals surface area (Å²) in [6.45, 7) is 3.92. The molecule has 0 spiro atoms. The van der Waals surface area contributed by atoms with Crippen molar-refractivity contribution < 1.29 is 17.9 Å². The zero-order chi connectivity index (χ0) is 20.5. The van der Waals surface area contributed by atoms with Crippen LogP contribution in [0.4, 0.5) is 0 Å². The summed E-state index contributed by atoms with van der Waals surface area (Å²) in [5, 5.41) is 3.12. The van der Waals surface area contributed by atoms with Crippen molar-refractivity contribution in [3.63, 3.8) is 0 Å². The zero-order valence-corrected chi connectivity index (χ0v) is 18.5. The summed E-state index contributed by atoms with van der Waals surface area (Å²) < 4.78 is 33.8. The molecule has 150 valence electrons. The van der Waals surface area contributed by atoms with Crippen molar-refractivity contribution in [2.45, 2.75) is 37.2 Å². The fourth-order valence-electron chi connectivity index (χ4n) is 2.98. The molecule has 0 saturated carbocycles. The SMILES string of the molecule is CC(C)NS(=O)(=O)c1ccc(Cl)c(C(=O)NC2CCOc3ccc(Br)cc32)c1. The molecule has 28 heavy (non-hydrogen) atoms. The number of carbonyl (C=O) groups is 1. The number of halogens is 2. The van der Waals surface area contributed by atoms with Gasteiger partial charge in [-0.1, -0.05) is 27.5 Å². The number of sulfonamides is 1. The van der Waals surface area contributed by atoms with Gasteiger partial charge in [0.05, 0.1) is 28.1 Å². The molecule has 9 heteroatoms. The molecule has 1 atom stereocenters. The monoisotopic (exact) mass is 486 g/mol. The molecular weight excluding hydrogens is 468 g/mol. The summed E-state index contributed by atoms with van der Waals surface area (Å²) in [6.07, 6.45) is 0.597. The van der Waals surface area contributed by atoms with Crippen LogP contribution in [0.15, 0.2) is 45.8 Å². The molecule has 1 heterocycles. The minimum Gasteiger partial charge on any atom is -0.493 e. The lowest BCUT2D eigenvalue weighted by atomic mass is 10.00. The fourth-order valence-corrected chi connectivity index (χ4v) is 4.83. The number of fused-ring (bicyclic) bond motifs is 1. The van der Waals surface area contributed by atoms with Gasteiger partial charge < -0.3 is 10.1 Å². The van der Waals surface area contributed by atoms with Crippen LogP contribution in [0, 0.1) is 0 Å². The van der Waals surface area contributed by atoms with Crippen LogP contribution >= 0.6 is 27.5 Å². The minimum absolute atomic E-state index is 0.00845. The Morgan fingerprint density at radius 3 is 2.71 bits per heavy atom. The van der Waals surface area contributed by atoms with Crippen molar-refractivity contribution in [2.24, 2.45) is 0 Å². The molecule has 2 aromatic carbocycles. The van der Waals surface area contributed by atoms with Gasteiger partial charge in [-0.3, -0.25) is 4.79 Å². The van der Waals surface area contributed by atoms with E-state index < -0.39 is 15.9 Å². The van der Waals surface area contributed by atoms with Crippen LogP contribution in [-0.4, -0.2) is 27.0 Å². The number of nitrogens with one attached hydrogen (secondary N) is 2. The average molecular weight is 488 g/mol. The van der Waals surface area contributed by atoms with Crippen LogP contribution in [0.1, 0.15) is 42.2 Å². The highest BCUT2D eigenvalue weighted by molar-refractivity contribution is 9.10. The van der Waals surface area contributed by atoms with Crippen LogP contribution in [0.5, 0.6) is 5.75 Å². The fraction of sp³-hybridized carbons (Fsp3) is 0.316.